The molecule has 0 aliphatic heterocycles. The van der Waals surface area contributed by atoms with Crippen LogP contribution in [0.3, 0.4) is 0 Å². The quantitative estimate of drug-likeness (QED) is 0.591. The van der Waals surface area contributed by atoms with Crippen molar-refractivity contribution >= 4 is 21.7 Å². The van der Waals surface area contributed by atoms with E-state index in [0.717, 1.165) is 5.56 Å². The lowest BCUT2D eigenvalue weighted by atomic mass is 10.1. The molecule has 1 aromatic heterocycles. The van der Waals surface area contributed by atoms with Crippen molar-refractivity contribution in [2.45, 2.75) is 18.2 Å². The van der Waals surface area contributed by atoms with Crippen molar-refractivity contribution in [3.05, 3.63) is 60.1 Å². The molecule has 0 atom stereocenters. The van der Waals surface area contributed by atoms with Crippen LogP contribution in [0.15, 0.2) is 47.9 Å². The number of carbonyl (C=O) groups is 1. The Bertz CT molecular complexity index is 895. The number of nitrogens with one attached hydrogen (secondary N) is 2. The van der Waals surface area contributed by atoms with Gasteiger partial charge < -0.3 is 10.6 Å². The number of carbonyl (C=O) groups excluding carboxylic acids is 1. The molecule has 138 valence electrons. The highest BCUT2D eigenvalue weighted by molar-refractivity contribution is 7.89. The maximum absolute atomic E-state index is 12.0. The zero-order chi connectivity index (χ0) is 19.2. The van der Waals surface area contributed by atoms with Crippen LogP contribution in [0, 0.1) is 6.92 Å². The minimum atomic E-state index is -3.68. The molecule has 0 bridgehead atoms. The smallest absolute Gasteiger partial charge is 0.270 e. The number of anilines is 1. The van der Waals surface area contributed by atoms with Crippen molar-refractivity contribution in [1.29, 1.82) is 0 Å². The van der Waals surface area contributed by atoms with Crippen molar-refractivity contribution in [3.8, 4) is 0 Å². The first-order valence-electron chi connectivity index (χ1n) is 7.90. The average Bonchev–Trinajstić information content (AvgIpc) is 2.59. The summed E-state index contributed by atoms with van der Waals surface area (Å²) in [6.45, 7) is 6.17. The number of nitrogens with two attached hydrogens (primary N) is 1. The molecule has 1 heterocycles. The van der Waals surface area contributed by atoms with Gasteiger partial charge in [-0.1, -0.05) is 18.2 Å². The summed E-state index contributed by atoms with van der Waals surface area (Å²) in [7, 11) is -3.68. The molecule has 1 aromatic carbocycles. The Balaban J connectivity index is 1.98. The number of primary sulfonamides is 1. The fraction of sp³-hybridized carbons (Fsp3) is 0.235. The maximum atomic E-state index is 12.0. The van der Waals surface area contributed by atoms with Gasteiger partial charge in [0.1, 0.15) is 17.3 Å². The predicted molar refractivity (Wildman–Crippen MR) is 99.3 cm³/mol. The second-order valence-corrected chi connectivity index (χ2v) is 7.11. The van der Waals surface area contributed by atoms with Gasteiger partial charge in [0.2, 0.25) is 10.0 Å². The maximum Gasteiger partial charge on any atom is 0.270 e. The van der Waals surface area contributed by atoms with Crippen LogP contribution in [0.4, 0.5) is 5.82 Å². The van der Waals surface area contributed by atoms with Crippen molar-refractivity contribution in [2.24, 2.45) is 5.14 Å². The van der Waals surface area contributed by atoms with Crippen LogP contribution in [0.5, 0.6) is 0 Å². The van der Waals surface area contributed by atoms with Crippen LogP contribution in [0.1, 0.15) is 21.9 Å². The van der Waals surface area contributed by atoms with Crippen LogP contribution in [-0.4, -0.2) is 37.4 Å². The summed E-state index contributed by atoms with van der Waals surface area (Å²) in [5.74, 6) is 0.732. The number of hydrogen-bond donors (Lipinski definition) is 3. The van der Waals surface area contributed by atoms with Gasteiger partial charge in [0, 0.05) is 19.2 Å². The van der Waals surface area contributed by atoms with Crippen molar-refractivity contribution in [2.75, 3.05) is 18.4 Å². The highest BCUT2D eigenvalue weighted by Gasteiger charge is 2.10. The Morgan fingerprint density at radius 3 is 2.58 bits per heavy atom. The summed E-state index contributed by atoms with van der Waals surface area (Å²) >= 11 is 0. The highest BCUT2D eigenvalue weighted by atomic mass is 32.2. The van der Waals surface area contributed by atoms with E-state index in [4.69, 9.17) is 5.14 Å². The van der Waals surface area contributed by atoms with E-state index in [9.17, 15) is 13.2 Å². The lowest BCUT2D eigenvalue weighted by Gasteiger charge is -2.09. The van der Waals surface area contributed by atoms with Gasteiger partial charge in [-0.2, -0.15) is 0 Å². The van der Waals surface area contributed by atoms with Crippen LogP contribution in [-0.2, 0) is 16.4 Å². The Morgan fingerprint density at radius 1 is 1.27 bits per heavy atom. The fourth-order valence-corrected chi connectivity index (χ4v) is 2.73. The third kappa shape index (κ3) is 5.64. The molecule has 0 saturated carbocycles. The molecule has 0 aliphatic rings. The number of aryl methyl sites for hydroxylation is 1. The number of aromatic nitrogens is 2. The molecule has 0 radical (unpaired) electrons. The summed E-state index contributed by atoms with van der Waals surface area (Å²) in [6.07, 6.45) is 2.23. The Labute approximate surface area is 152 Å². The molecule has 1 amide bonds. The summed E-state index contributed by atoms with van der Waals surface area (Å²) in [5, 5.41) is 10.9. The van der Waals surface area contributed by atoms with Gasteiger partial charge in [-0.05, 0) is 31.0 Å². The number of nitrogens with zero attached hydrogens (tertiary/aromatic N) is 2. The number of rotatable bonds is 8. The minimum absolute atomic E-state index is 0.0795. The monoisotopic (exact) mass is 375 g/mol. The number of benzene rings is 1. The summed E-state index contributed by atoms with van der Waals surface area (Å²) in [4.78, 5) is 20.4. The van der Waals surface area contributed by atoms with Crippen molar-refractivity contribution in [1.82, 2.24) is 15.3 Å². The molecule has 9 heteroatoms. The molecule has 0 spiro atoms. The highest BCUT2D eigenvalue weighted by Crippen LogP contribution is 2.11. The topological polar surface area (TPSA) is 127 Å². The van der Waals surface area contributed by atoms with Gasteiger partial charge in [-0.15, -0.1) is 6.58 Å². The molecular weight excluding hydrogens is 354 g/mol. The second kappa shape index (κ2) is 8.54. The van der Waals surface area contributed by atoms with Crippen LogP contribution in [0.25, 0.3) is 0 Å². The molecule has 0 fully saturated rings. The van der Waals surface area contributed by atoms with Crippen LogP contribution >= 0.6 is 0 Å². The molecule has 8 nitrogen and oxygen atoms in total. The average molecular weight is 375 g/mol. The summed E-state index contributed by atoms with van der Waals surface area (Å²) < 4.78 is 22.5. The van der Waals surface area contributed by atoms with E-state index in [1.807, 2.05) is 0 Å². The molecule has 0 saturated heterocycles. The normalized spacial score (nSPS) is 11.0. The Kier molecular flexibility index (Phi) is 6.42. The van der Waals surface area contributed by atoms with Gasteiger partial charge in [0.15, 0.2) is 0 Å². The standard InChI is InChI=1S/C17H21N5O3S/c1-3-9-20-17(23)15-11-16(22-12(2)21-15)19-10-8-13-4-6-14(7-5-13)26(18,24)25/h3-7,11H,1,8-10H2,2H3,(H,20,23)(H2,18,24,25)(H,19,21,22). The van der Waals surface area contributed by atoms with E-state index >= 15 is 0 Å². The molecule has 4 N–H and O–H groups in total. The third-order valence-electron chi connectivity index (χ3n) is 3.45. The first-order valence-corrected chi connectivity index (χ1v) is 9.44. The fourth-order valence-electron chi connectivity index (χ4n) is 2.21. The second-order valence-electron chi connectivity index (χ2n) is 5.55. The summed E-state index contributed by atoms with van der Waals surface area (Å²) in [5.41, 5.74) is 1.22. The van der Waals surface area contributed by atoms with Gasteiger partial charge in [-0.3, -0.25) is 4.79 Å². The molecule has 26 heavy (non-hydrogen) atoms. The zero-order valence-electron chi connectivity index (χ0n) is 14.4. The van der Waals surface area contributed by atoms with Gasteiger partial charge in [-0.25, -0.2) is 23.5 Å². The van der Waals surface area contributed by atoms with E-state index in [1.165, 1.54) is 12.1 Å². The lowest BCUT2D eigenvalue weighted by molar-refractivity contribution is 0.0952. The number of amides is 1. The van der Waals surface area contributed by atoms with E-state index in [0.29, 0.717) is 31.2 Å². The molecule has 0 aliphatic carbocycles. The number of sulfonamides is 1. The van der Waals surface area contributed by atoms with Crippen LogP contribution in [0.2, 0.25) is 0 Å². The molecular formula is C17H21N5O3S. The van der Waals surface area contributed by atoms with Gasteiger partial charge in [0.25, 0.3) is 5.91 Å². The molecule has 2 rings (SSSR count). The number of hydrogen-bond acceptors (Lipinski definition) is 6. The first-order chi connectivity index (χ1) is 12.3. The summed E-state index contributed by atoms with van der Waals surface area (Å²) in [6, 6.07) is 7.94. The van der Waals surface area contributed by atoms with E-state index in [2.05, 4.69) is 27.2 Å². The van der Waals surface area contributed by atoms with Gasteiger partial charge in [0.05, 0.1) is 4.90 Å². The van der Waals surface area contributed by atoms with Crippen molar-refractivity contribution in [3.63, 3.8) is 0 Å². The molecule has 2 aromatic rings. The largest absolute Gasteiger partial charge is 0.370 e. The van der Waals surface area contributed by atoms with Crippen LogP contribution < -0.4 is 15.8 Å². The van der Waals surface area contributed by atoms with Gasteiger partial charge >= 0.3 is 0 Å². The van der Waals surface area contributed by atoms with Crippen molar-refractivity contribution < 1.29 is 13.2 Å². The lowest BCUT2D eigenvalue weighted by Crippen LogP contribution is -2.25. The Hall–Kier alpha value is -2.78. The molecule has 0 unspecified atom stereocenters. The Morgan fingerprint density at radius 2 is 1.96 bits per heavy atom. The SMILES string of the molecule is C=CCNC(=O)c1cc(NCCc2ccc(S(N)(=O)=O)cc2)nc(C)n1. The first kappa shape index (κ1) is 19.5. The van der Waals surface area contributed by atoms with E-state index in [1.54, 1.807) is 31.2 Å². The minimum Gasteiger partial charge on any atom is -0.370 e. The zero-order valence-corrected chi connectivity index (χ0v) is 15.2. The third-order valence-corrected chi connectivity index (χ3v) is 4.38. The predicted octanol–water partition coefficient (Wildman–Crippen LogP) is 1.00. The van der Waals surface area contributed by atoms with E-state index in [-0.39, 0.29) is 16.5 Å². The van der Waals surface area contributed by atoms with E-state index < -0.39 is 10.0 Å².